The number of aryl methyl sites for hydroxylation is 1. The molecule has 0 heterocycles. The molecule has 4 aromatic rings. The summed E-state index contributed by atoms with van der Waals surface area (Å²) >= 11 is 0. The summed E-state index contributed by atoms with van der Waals surface area (Å²) in [4.78, 5) is 30.4. The Morgan fingerprint density at radius 1 is 0.812 bits per heavy atom. The lowest BCUT2D eigenvalue weighted by Gasteiger charge is -2.34. The Morgan fingerprint density at radius 2 is 1.46 bits per heavy atom. The molecule has 1 aliphatic carbocycles. The van der Waals surface area contributed by atoms with Gasteiger partial charge in [0.25, 0.3) is 10.0 Å². The first kappa shape index (κ1) is 34.5. The van der Waals surface area contributed by atoms with E-state index < -0.39 is 28.5 Å². The van der Waals surface area contributed by atoms with Crippen molar-refractivity contribution >= 4 is 27.5 Å². The molecule has 0 saturated heterocycles. The predicted octanol–water partition coefficient (Wildman–Crippen LogP) is 5.91. The van der Waals surface area contributed by atoms with Gasteiger partial charge in [-0.15, -0.1) is 0 Å². The highest BCUT2D eigenvalue weighted by Gasteiger charge is 2.36. The van der Waals surface area contributed by atoms with Gasteiger partial charge < -0.3 is 19.7 Å². The van der Waals surface area contributed by atoms with Crippen molar-refractivity contribution in [3.05, 3.63) is 120 Å². The largest absolute Gasteiger partial charge is 0.497 e. The normalized spacial score (nSPS) is 13.8. The van der Waals surface area contributed by atoms with Crippen LogP contribution in [0, 0.1) is 6.92 Å². The van der Waals surface area contributed by atoms with Gasteiger partial charge in [0.05, 0.1) is 24.8 Å². The van der Waals surface area contributed by atoms with E-state index >= 15 is 0 Å². The van der Waals surface area contributed by atoms with Crippen molar-refractivity contribution in [1.82, 2.24) is 10.2 Å². The van der Waals surface area contributed by atoms with Crippen LogP contribution in [0.1, 0.15) is 42.4 Å². The summed E-state index contributed by atoms with van der Waals surface area (Å²) in [7, 11) is -1.34. The summed E-state index contributed by atoms with van der Waals surface area (Å²) in [5.41, 5.74) is 2.97. The number of rotatable bonds is 14. The number of carbonyl (C=O) groups is 2. The summed E-state index contributed by atoms with van der Waals surface area (Å²) in [5.74, 6) is -0.00316. The molecule has 9 nitrogen and oxygen atoms in total. The average Bonchev–Trinajstić information content (AvgIpc) is 3.62. The SMILES string of the molecule is COc1ccc(S(=O)(=O)N(CC(=O)N(Cc2ccc(C)cc2)C(Cc2ccccc2)C(=O)NC2CCCC2)c2ccccc2OC)cc1. The number of methoxy groups -OCH3 is 2. The Hall–Kier alpha value is -4.83. The zero-order chi connectivity index (χ0) is 34.1. The third-order valence-electron chi connectivity index (χ3n) is 8.73. The minimum absolute atomic E-state index is 0.0214. The quantitative estimate of drug-likeness (QED) is 0.179. The number of ether oxygens (including phenoxy) is 2. The molecule has 0 aliphatic heterocycles. The fourth-order valence-corrected chi connectivity index (χ4v) is 7.46. The minimum Gasteiger partial charge on any atom is -0.497 e. The van der Waals surface area contributed by atoms with E-state index in [0.717, 1.165) is 46.7 Å². The molecule has 1 N–H and O–H groups in total. The van der Waals surface area contributed by atoms with Crippen LogP contribution in [0.4, 0.5) is 5.69 Å². The topological polar surface area (TPSA) is 105 Å². The van der Waals surface area contributed by atoms with Crippen LogP contribution < -0.4 is 19.1 Å². The van der Waals surface area contributed by atoms with Crippen molar-refractivity contribution in [3.63, 3.8) is 0 Å². The summed E-state index contributed by atoms with van der Waals surface area (Å²) in [5, 5.41) is 3.20. The van der Waals surface area contributed by atoms with Crippen LogP contribution in [0.5, 0.6) is 11.5 Å². The number of hydrogen-bond donors (Lipinski definition) is 1. The lowest BCUT2D eigenvalue weighted by atomic mass is 10.0. The van der Waals surface area contributed by atoms with Crippen LogP contribution in [0.15, 0.2) is 108 Å². The molecule has 2 amide bonds. The summed E-state index contributed by atoms with van der Waals surface area (Å²) in [6.45, 7) is 1.52. The van der Waals surface area contributed by atoms with Crippen LogP contribution in [-0.2, 0) is 32.6 Å². The molecular formula is C38H43N3O6S. The maximum atomic E-state index is 14.7. The molecular weight excluding hydrogens is 627 g/mol. The molecule has 0 bridgehead atoms. The van der Waals surface area contributed by atoms with Gasteiger partial charge in [-0.3, -0.25) is 13.9 Å². The second kappa shape index (κ2) is 15.8. The van der Waals surface area contributed by atoms with E-state index in [0.29, 0.717) is 5.75 Å². The van der Waals surface area contributed by atoms with Crippen LogP contribution >= 0.6 is 0 Å². The van der Waals surface area contributed by atoms with Crippen LogP contribution in [0.3, 0.4) is 0 Å². The van der Waals surface area contributed by atoms with Gasteiger partial charge in [-0.05, 0) is 67.3 Å². The molecule has 0 aromatic heterocycles. The first-order valence-corrected chi connectivity index (χ1v) is 17.6. The number of nitrogens with zero attached hydrogens (tertiary/aromatic N) is 2. The fraction of sp³-hybridized carbons (Fsp3) is 0.316. The second-order valence-corrected chi connectivity index (χ2v) is 13.9. The van der Waals surface area contributed by atoms with Crippen molar-refractivity contribution in [2.45, 2.75) is 62.6 Å². The van der Waals surface area contributed by atoms with Gasteiger partial charge in [0, 0.05) is 19.0 Å². The fourth-order valence-electron chi connectivity index (χ4n) is 6.04. The smallest absolute Gasteiger partial charge is 0.264 e. The number of nitrogens with one attached hydrogen (secondary N) is 1. The Morgan fingerprint density at radius 3 is 2.10 bits per heavy atom. The minimum atomic E-state index is -4.29. The molecule has 5 rings (SSSR count). The molecule has 1 unspecified atom stereocenters. The van der Waals surface area contributed by atoms with Crippen LogP contribution in [0.2, 0.25) is 0 Å². The zero-order valence-corrected chi connectivity index (χ0v) is 28.5. The monoisotopic (exact) mass is 669 g/mol. The Kier molecular flexibility index (Phi) is 11.4. The van der Waals surface area contributed by atoms with Gasteiger partial charge in [-0.1, -0.05) is 85.1 Å². The van der Waals surface area contributed by atoms with Gasteiger partial charge in [0.1, 0.15) is 24.1 Å². The van der Waals surface area contributed by atoms with Crippen molar-refractivity contribution in [1.29, 1.82) is 0 Å². The van der Waals surface area contributed by atoms with E-state index in [9.17, 15) is 18.0 Å². The third kappa shape index (κ3) is 8.36. The molecule has 48 heavy (non-hydrogen) atoms. The summed E-state index contributed by atoms with van der Waals surface area (Å²) < 4.78 is 40.6. The third-order valence-corrected chi connectivity index (χ3v) is 10.5. The Bertz CT molecular complexity index is 1770. The van der Waals surface area contributed by atoms with Crippen molar-refractivity contribution < 1.29 is 27.5 Å². The highest BCUT2D eigenvalue weighted by Crippen LogP contribution is 2.33. The second-order valence-electron chi connectivity index (χ2n) is 12.1. The van der Waals surface area contributed by atoms with Crippen molar-refractivity contribution in [2.24, 2.45) is 0 Å². The van der Waals surface area contributed by atoms with Gasteiger partial charge in [0.2, 0.25) is 11.8 Å². The summed E-state index contributed by atoms with van der Waals surface area (Å²) in [6.07, 6.45) is 4.11. The van der Waals surface area contributed by atoms with Crippen LogP contribution in [0.25, 0.3) is 0 Å². The van der Waals surface area contributed by atoms with Gasteiger partial charge >= 0.3 is 0 Å². The number of anilines is 1. The molecule has 1 aliphatic rings. The van der Waals surface area contributed by atoms with E-state index in [4.69, 9.17) is 9.47 Å². The maximum Gasteiger partial charge on any atom is 0.264 e. The predicted molar refractivity (Wildman–Crippen MR) is 187 cm³/mol. The molecule has 252 valence electrons. The van der Waals surface area contributed by atoms with Gasteiger partial charge in [-0.25, -0.2) is 8.42 Å². The van der Waals surface area contributed by atoms with Crippen molar-refractivity contribution in [3.8, 4) is 11.5 Å². The van der Waals surface area contributed by atoms with Crippen molar-refractivity contribution in [2.75, 3.05) is 25.1 Å². The number of benzene rings is 4. The number of para-hydroxylation sites is 2. The maximum absolute atomic E-state index is 14.7. The Balaban J connectivity index is 1.58. The van der Waals surface area contributed by atoms with E-state index in [-0.39, 0.29) is 41.2 Å². The van der Waals surface area contributed by atoms with Crippen LogP contribution in [-0.4, -0.2) is 58.0 Å². The lowest BCUT2D eigenvalue weighted by molar-refractivity contribution is -0.140. The number of hydrogen-bond acceptors (Lipinski definition) is 6. The molecule has 0 radical (unpaired) electrons. The van der Waals surface area contributed by atoms with Gasteiger partial charge in [-0.2, -0.15) is 0 Å². The molecule has 1 fully saturated rings. The van der Waals surface area contributed by atoms with E-state index in [1.165, 1.54) is 31.3 Å². The zero-order valence-electron chi connectivity index (χ0n) is 27.7. The van der Waals surface area contributed by atoms with E-state index in [1.54, 1.807) is 36.4 Å². The summed E-state index contributed by atoms with van der Waals surface area (Å²) in [6, 6.07) is 29.1. The Labute approximate surface area is 283 Å². The molecule has 1 atom stereocenters. The number of carbonyl (C=O) groups excluding carboxylic acids is 2. The first-order chi connectivity index (χ1) is 23.2. The highest BCUT2D eigenvalue weighted by atomic mass is 32.2. The molecule has 10 heteroatoms. The van der Waals surface area contributed by atoms with Gasteiger partial charge in [0.15, 0.2) is 0 Å². The molecule has 1 saturated carbocycles. The highest BCUT2D eigenvalue weighted by molar-refractivity contribution is 7.92. The lowest BCUT2D eigenvalue weighted by Crippen LogP contribution is -2.54. The average molecular weight is 670 g/mol. The molecule has 0 spiro atoms. The first-order valence-electron chi connectivity index (χ1n) is 16.2. The number of amides is 2. The van der Waals surface area contributed by atoms with E-state index in [2.05, 4.69) is 5.32 Å². The molecule has 4 aromatic carbocycles. The standard InChI is InChI=1S/C38H43N3O6S/c1-28-17-19-30(20-18-28)26-40(35(25-29-11-5-4-6-12-29)38(43)39-31-13-7-8-14-31)37(42)27-41(34-15-9-10-16-36(34)47-3)48(44,45)33-23-21-32(46-2)22-24-33/h4-6,9-12,15-24,31,35H,7-8,13-14,25-27H2,1-3H3,(H,39,43). The number of sulfonamides is 1. The van der Waals surface area contributed by atoms with E-state index in [1.807, 2.05) is 61.5 Å².